The molecule has 2 N–H and O–H groups in total. The average molecular weight is 256 g/mol. The summed E-state index contributed by atoms with van der Waals surface area (Å²) in [7, 11) is 2.09. The van der Waals surface area contributed by atoms with Gasteiger partial charge >= 0.3 is 5.97 Å². The first-order valence-electron chi connectivity index (χ1n) is 6.57. The van der Waals surface area contributed by atoms with Crippen LogP contribution in [0, 0.1) is 0 Å². The molecular formula is C13H24N2O3. The van der Waals surface area contributed by atoms with Gasteiger partial charge in [0, 0.05) is 12.5 Å². The van der Waals surface area contributed by atoms with E-state index >= 15 is 0 Å². The van der Waals surface area contributed by atoms with E-state index in [1.54, 1.807) is 0 Å². The number of amides is 1. The number of piperidine rings is 1. The number of hydrogen-bond acceptors (Lipinski definition) is 3. The lowest BCUT2D eigenvalue weighted by molar-refractivity contribution is -0.146. The van der Waals surface area contributed by atoms with Crippen LogP contribution in [0.3, 0.4) is 0 Å². The van der Waals surface area contributed by atoms with E-state index in [0.717, 1.165) is 19.4 Å². The molecule has 1 aliphatic rings. The van der Waals surface area contributed by atoms with Crippen molar-refractivity contribution in [2.75, 3.05) is 13.6 Å². The number of nitrogens with zero attached hydrogens (tertiary/aromatic N) is 1. The topological polar surface area (TPSA) is 69.6 Å². The minimum Gasteiger partial charge on any atom is -0.480 e. The fraction of sp³-hybridized carbons (Fsp3) is 0.846. The van der Waals surface area contributed by atoms with E-state index in [2.05, 4.69) is 17.3 Å². The van der Waals surface area contributed by atoms with Crippen molar-refractivity contribution in [1.82, 2.24) is 10.2 Å². The lowest BCUT2D eigenvalue weighted by atomic mass is 9.98. The van der Waals surface area contributed by atoms with Gasteiger partial charge in [-0.25, -0.2) is 4.79 Å². The number of hydrogen-bond donors (Lipinski definition) is 2. The van der Waals surface area contributed by atoms with E-state index in [1.807, 2.05) is 0 Å². The van der Waals surface area contributed by atoms with Crippen molar-refractivity contribution >= 4 is 11.9 Å². The van der Waals surface area contributed by atoms with Crippen LogP contribution < -0.4 is 5.32 Å². The smallest absolute Gasteiger partial charge is 0.328 e. The molecule has 1 saturated heterocycles. The van der Waals surface area contributed by atoms with Crippen LogP contribution in [0.1, 0.15) is 46.0 Å². The maximum Gasteiger partial charge on any atom is 0.328 e. The zero-order valence-corrected chi connectivity index (χ0v) is 11.5. The third-order valence-electron chi connectivity index (χ3n) is 3.61. The summed E-state index contributed by atoms with van der Waals surface area (Å²) < 4.78 is 0. The van der Waals surface area contributed by atoms with Gasteiger partial charge in [-0.3, -0.25) is 4.79 Å². The molecule has 1 aliphatic heterocycles. The van der Waals surface area contributed by atoms with Gasteiger partial charge in [-0.05, 0) is 46.7 Å². The number of carbonyl (C=O) groups excluding carboxylic acids is 1. The second-order valence-corrected chi connectivity index (χ2v) is 5.65. The van der Waals surface area contributed by atoms with Gasteiger partial charge in [-0.1, -0.05) is 6.42 Å². The summed E-state index contributed by atoms with van der Waals surface area (Å²) in [5.41, 5.74) is -1.18. The molecular weight excluding hydrogens is 232 g/mol. The standard InChI is InChI=1S/C13H24N2O3/c1-13(2,12(17)18)14-11(16)8-7-10-6-4-5-9-15(10)3/h10H,4-9H2,1-3H3,(H,14,16)(H,17,18). The second kappa shape index (κ2) is 6.18. The molecule has 0 aromatic heterocycles. The predicted molar refractivity (Wildman–Crippen MR) is 69.4 cm³/mol. The molecule has 0 aromatic rings. The Labute approximate surface area is 109 Å². The SMILES string of the molecule is CN1CCCCC1CCC(=O)NC(C)(C)C(=O)O. The molecule has 1 atom stereocenters. The van der Waals surface area contributed by atoms with Crippen LogP contribution in [0.15, 0.2) is 0 Å². The molecule has 5 nitrogen and oxygen atoms in total. The van der Waals surface area contributed by atoms with E-state index in [1.165, 1.54) is 26.7 Å². The molecule has 1 heterocycles. The van der Waals surface area contributed by atoms with Crippen LogP contribution in [0.4, 0.5) is 0 Å². The summed E-state index contributed by atoms with van der Waals surface area (Å²) in [6, 6.07) is 0.456. The Morgan fingerprint density at radius 2 is 2.06 bits per heavy atom. The van der Waals surface area contributed by atoms with Gasteiger partial charge in [0.1, 0.15) is 5.54 Å². The third-order valence-corrected chi connectivity index (χ3v) is 3.61. The highest BCUT2D eigenvalue weighted by atomic mass is 16.4. The molecule has 1 rings (SSSR count). The average Bonchev–Trinajstić information content (AvgIpc) is 2.27. The van der Waals surface area contributed by atoms with Crippen molar-refractivity contribution in [3.05, 3.63) is 0 Å². The first-order chi connectivity index (χ1) is 8.33. The minimum atomic E-state index is -1.18. The summed E-state index contributed by atoms with van der Waals surface area (Å²) >= 11 is 0. The maximum atomic E-state index is 11.7. The first kappa shape index (κ1) is 15.0. The summed E-state index contributed by atoms with van der Waals surface area (Å²) in [5.74, 6) is -1.19. The summed E-state index contributed by atoms with van der Waals surface area (Å²) in [4.78, 5) is 24.9. The van der Waals surface area contributed by atoms with Gasteiger partial charge in [0.25, 0.3) is 0 Å². The molecule has 1 fully saturated rings. The van der Waals surface area contributed by atoms with Crippen molar-refractivity contribution in [2.24, 2.45) is 0 Å². The monoisotopic (exact) mass is 256 g/mol. The minimum absolute atomic E-state index is 0.179. The molecule has 0 aliphatic carbocycles. The first-order valence-corrected chi connectivity index (χ1v) is 6.57. The van der Waals surface area contributed by atoms with E-state index in [0.29, 0.717) is 12.5 Å². The number of carboxylic acids is 1. The van der Waals surface area contributed by atoms with Gasteiger partial charge in [0.15, 0.2) is 0 Å². The van der Waals surface area contributed by atoms with E-state index < -0.39 is 11.5 Å². The molecule has 18 heavy (non-hydrogen) atoms. The van der Waals surface area contributed by atoms with Crippen molar-refractivity contribution in [1.29, 1.82) is 0 Å². The molecule has 0 aromatic carbocycles. The van der Waals surface area contributed by atoms with Crippen LogP contribution in [0.5, 0.6) is 0 Å². The van der Waals surface area contributed by atoms with Crippen LogP contribution >= 0.6 is 0 Å². The Bertz CT molecular complexity index is 315. The molecule has 0 radical (unpaired) electrons. The van der Waals surface area contributed by atoms with Crippen LogP contribution in [0.25, 0.3) is 0 Å². The number of carbonyl (C=O) groups is 2. The largest absolute Gasteiger partial charge is 0.480 e. The van der Waals surface area contributed by atoms with Gasteiger partial charge in [0.05, 0.1) is 0 Å². The number of likely N-dealkylation sites (tertiary alicyclic amines) is 1. The summed E-state index contributed by atoms with van der Waals surface area (Å²) in [6.07, 6.45) is 4.78. The summed E-state index contributed by atoms with van der Waals surface area (Å²) in [6.45, 7) is 4.09. The van der Waals surface area contributed by atoms with Crippen molar-refractivity contribution in [3.8, 4) is 0 Å². The number of nitrogens with one attached hydrogen (secondary N) is 1. The highest BCUT2D eigenvalue weighted by Gasteiger charge is 2.29. The highest BCUT2D eigenvalue weighted by molar-refractivity contribution is 5.86. The van der Waals surface area contributed by atoms with Crippen LogP contribution in [0.2, 0.25) is 0 Å². The Morgan fingerprint density at radius 3 is 2.61 bits per heavy atom. The predicted octanol–water partition coefficient (Wildman–Crippen LogP) is 1.23. The van der Waals surface area contributed by atoms with E-state index in [4.69, 9.17) is 5.11 Å². The van der Waals surface area contributed by atoms with Gasteiger partial charge in [0.2, 0.25) is 5.91 Å². The zero-order chi connectivity index (χ0) is 13.8. The molecule has 0 bridgehead atoms. The molecule has 0 spiro atoms. The van der Waals surface area contributed by atoms with Gasteiger partial charge in [-0.15, -0.1) is 0 Å². The maximum absolute atomic E-state index is 11.7. The number of rotatable bonds is 5. The normalized spacial score (nSPS) is 21.6. The fourth-order valence-corrected chi connectivity index (χ4v) is 2.27. The molecule has 1 amide bonds. The number of aliphatic carboxylic acids is 1. The lowest BCUT2D eigenvalue weighted by Gasteiger charge is -2.32. The summed E-state index contributed by atoms with van der Waals surface area (Å²) in [5, 5.41) is 11.5. The Hall–Kier alpha value is -1.10. The fourth-order valence-electron chi connectivity index (χ4n) is 2.27. The molecule has 1 unspecified atom stereocenters. The van der Waals surface area contributed by atoms with Gasteiger partial charge in [-0.2, -0.15) is 0 Å². The Balaban J connectivity index is 2.35. The molecule has 0 saturated carbocycles. The lowest BCUT2D eigenvalue weighted by Crippen LogP contribution is -2.50. The van der Waals surface area contributed by atoms with Crippen LogP contribution in [-0.2, 0) is 9.59 Å². The number of carboxylic acid groups (broad SMARTS) is 1. The van der Waals surface area contributed by atoms with E-state index in [-0.39, 0.29) is 5.91 Å². The Kier molecular flexibility index (Phi) is 5.14. The van der Waals surface area contributed by atoms with Crippen molar-refractivity contribution < 1.29 is 14.7 Å². The van der Waals surface area contributed by atoms with Crippen molar-refractivity contribution in [2.45, 2.75) is 57.5 Å². The second-order valence-electron chi connectivity index (χ2n) is 5.65. The molecule has 5 heteroatoms. The quantitative estimate of drug-likeness (QED) is 0.776. The Morgan fingerprint density at radius 1 is 1.39 bits per heavy atom. The highest BCUT2D eigenvalue weighted by Crippen LogP contribution is 2.19. The zero-order valence-electron chi connectivity index (χ0n) is 11.5. The molecule has 104 valence electrons. The van der Waals surface area contributed by atoms with Crippen LogP contribution in [-0.4, -0.2) is 47.1 Å². The third kappa shape index (κ3) is 4.29. The van der Waals surface area contributed by atoms with Crippen molar-refractivity contribution in [3.63, 3.8) is 0 Å². The van der Waals surface area contributed by atoms with Gasteiger partial charge < -0.3 is 15.3 Å². The van der Waals surface area contributed by atoms with E-state index in [9.17, 15) is 9.59 Å².